The minimum absolute atomic E-state index is 0. The summed E-state index contributed by atoms with van der Waals surface area (Å²) in [6.07, 6.45) is 3.08. The van der Waals surface area contributed by atoms with Crippen LogP contribution in [0.25, 0.3) is 66.7 Å². The first-order chi connectivity index (χ1) is 31.2. The Morgan fingerprint density at radius 2 is 1.58 bits per heavy atom. The van der Waals surface area contributed by atoms with Crippen LogP contribution in [0.3, 0.4) is 0 Å². The fraction of sp³-hybridized carbons (Fsp3) is 0.180. The number of rotatable bonds is 5. The average molecular weight is 907 g/mol. The third-order valence-corrected chi connectivity index (χ3v) is 8.80. The van der Waals surface area contributed by atoms with Crippen molar-refractivity contribution in [3.63, 3.8) is 0 Å². The van der Waals surface area contributed by atoms with Crippen molar-refractivity contribution in [3.8, 4) is 50.8 Å². The van der Waals surface area contributed by atoms with Crippen molar-refractivity contribution in [3.05, 3.63) is 167 Å². The number of aromatic nitrogens is 2. The summed E-state index contributed by atoms with van der Waals surface area (Å²) in [5.41, 5.74) is 5.48. The molecule has 0 bridgehead atoms. The Labute approximate surface area is 356 Å². The maximum atomic E-state index is 9.30. The quantitative estimate of drug-likeness (QED) is 0.161. The van der Waals surface area contributed by atoms with E-state index < -0.39 is 27.4 Å². The first-order valence-corrected chi connectivity index (χ1v) is 17.2. The maximum Gasteiger partial charge on any atom is 0.122 e. The summed E-state index contributed by atoms with van der Waals surface area (Å²) >= 11 is 0. The molecule has 0 aliphatic rings. The second kappa shape index (κ2) is 16.4. The molecule has 4 nitrogen and oxygen atoms in total. The first-order valence-electron chi connectivity index (χ1n) is 23.7. The fourth-order valence-corrected chi connectivity index (χ4v) is 6.33. The topological polar surface area (TPSA) is 62.7 Å². The smallest absolute Gasteiger partial charge is 0.122 e. The molecule has 8 rings (SSSR count). The van der Waals surface area contributed by atoms with Gasteiger partial charge in [0.2, 0.25) is 0 Å². The van der Waals surface area contributed by atoms with Crippen LogP contribution in [0.15, 0.2) is 126 Å². The fourth-order valence-electron chi connectivity index (χ4n) is 6.33. The summed E-state index contributed by atoms with van der Waals surface area (Å²) in [6.45, 7) is -3.62. The number of hydrogen-bond acceptors (Lipinski definition) is 4. The molecule has 55 heavy (non-hydrogen) atoms. The van der Waals surface area contributed by atoms with Gasteiger partial charge in [0.1, 0.15) is 5.58 Å². The van der Waals surface area contributed by atoms with Gasteiger partial charge < -0.3 is 14.4 Å². The van der Waals surface area contributed by atoms with Crippen molar-refractivity contribution >= 4 is 21.9 Å². The number of benzene rings is 5. The van der Waals surface area contributed by atoms with Crippen LogP contribution in [-0.4, -0.2) is 9.97 Å². The Hall–Kier alpha value is -5.66. The molecule has 8 aromatic rings. The third kappa shape index (κ3) is 8.68. The van der Waals surface area contributed by atoms with E-state index in [1.54, 1.807) is 48.5 Å². The van der Waals surface area contributed by atoms with Gasteiger partial charge in [-0.05, 0) is 94.9 Å². The molecular weight excluding hydrogens is 851 g/mol. The number of nitriles is 1. The Balaban J connectivity index is 0.000000243. The summed E-state index contributed by atoms with van der Waals surface area (Å²) in [4.78, 5) is 8.65. The normalized spacial score (nSPS) is 15.5. The van der Waals surface area contributed by atoms with Gasteiger partial charge in [-0.3, -0.25) is 0 Å². The molecule has 0 spiro atoms. The van der Waals surface area contributed by atoms with Crippen LogP contribution in [0.4, 0.5) is 0 Å². The van der Waals surface area contributed by atoms with Gasteiger partial charge in [-0.15, -0.1) is 47.5 Å². The molecule has 0 aliphatic heterocycles. The second-order valence-corrected chi connectivity index (χ2v) is 14.1. The van der Waals surface area contributed by atoms with Crippen molar-refractivity contribution in [2.75, 3.05) is 0 Å². The van der Waals surface area contributed by atoms with Crippen LogP contribution in [0.5, 0.6) is 0 Å². The molecular formula is C50H43IrN3O-2. The van der Waals surface area contributed by atoms with Crippen molar-refractivity contribution in [2.24, 2.45) is 5.41 Å². The van der Waals surface area contributed by atoms with E-state index >= 15 is 0 Å². The Morgan fingerprint density at radius 1 is 0.764 bits per heavy atom. The monoisotopic (exact) mass is 907 g/mol. The van der Waals surface area contributed by atoms with E-state index in [9.17, 15) is 5.26 Å². The van der Waals surface area contributed by atoms with E-state index in [4.69, 9.17) is 22.2 Å². The zero-order chi connectivity index (χ0) is 48.9. The summed E-state index contributed by atoms with van der Waals surface area (Å²) < 4.78 is 110. The molecule has 0 aliphatic carbocycles. The first kappa shape index (κ1) is 25.4. The van der Waals surface area contributed by atoms with E-state index in [2.05, 4.69) is 28.2 Å². The molecule has 0 N–H and O–H groups in total. The van der Waals surface area contributed by atoms with Gasteiger partial charge in [0.15, 0.2) is 0 Å². The largest absolute Gasteiger partial charge is 0.501 e. The average Bonchev–Trinajstić information content (AvgIpc) is 3.63. The van der Waals surface area contributed by atoms with Crippen LogP contribution < -0.4 is 0 Å². The Kier molecular flexibility index (Phi) is 7.57. The Morgan fingerprint density at radius 3 is 2.31 bits per heavy atom. The van der Waals surface area contributed by atoms with E-state index in [-0.39, 0.29) is 64.9 Å². The van der Waals surface area contributed by atoms with Crippen LogP contribution >= 0.6 is 0 Å². The number of aryl methyl sites for hydroxylation is 4. The minimum atomic E-state index is -2.62. The van der Waals surface area contributed by atoms with Crippen LogP contribution in [0, 0.1) is 56.3 Å². The van der Waals surface area contributed by atoms with Gasteiger partial charge in [0, 0.05) is 54.3 Å². The van der Waals surface area contributed by atoms with Crippen LogP contribution in [0.2, 0.25) is 0 Å². The van der Waals surface area contributed by atoms with Gasteiger partial charge in [0.05, 0.1) is 18.6 Å². The number of furan rings is 1. The molecule has 3 heterocycles. The van der Waals surface area contributed by atoms with Gasteiger partial charge in [-0.1, -0.05) is 117 Å². The van der Waals surface area contributed by atoms with Gasteiger partial charge >= 0.3 is 0 Å². The summed E-state index contributed by atoms with van der Waals surface area (Å²) in [6, 6.07) is 37.0. The SMILES string of the molecule is [2H]C([2H])([2H])c1ccc(-c2[c-]cc(C([2H])([2H])[2H])c(-c3ccccc3)c2)nc1.[2H]c1cc(CC(C)(C)C)cc(C([2H])([2H])[2H])c1-c1cc(-c2[c-]ccc3c2oc2cc(C#N)ccc23)ncc1C([2H])([2H])[2H].[Ir]. The molecule has 0 fully saturated rings. The number of nitrogens with zero attached hydrogens (tertiary/aromatic N) is 3. The predicted octanol–water partition coefficient (Wildman–Crippen LogP) is 13.0. The zero-order valence-corrected chi connectivity index (χ0v) is 32.7. The second-order valence-electron chi connectivity index (χ2n) is 14.1. The molecule has 0 atom stereocenters. The van der Waals surface area contributed by atoms with E-state index in [1.165, 1.54) is 30.6 Å². The van der Waals surface area contributed by atoms with Crippen molar-refractivity contribution in [2.45, 2.75) is 54.6 Å². The molecule has 3 aromatic heterocycles. The molecule has 0 unspecified atom stereocenters. The number of pyridine rings is 2. The third-order valence-electron chi connectivity index (χ3n) is 8.80. The molecule has 5 aromatic carbocycles. The van der Waals surface area contributed by atoms with Gasteiger partial charge in [0.25, 0.3) is 0 Å². The molecule has 5 heteroatoms. The molecule has 0 amide bonds. The van der Waals surface area contributed by atoms with E-state index in [1.807, 2.05) is 57.2 Å². The number of fused-ring (bicyclic) bond motifs is 3. The van der Waals surface area contributed by atoms with Crippen molar-refractivity contribution in [1.29, 1.82) is 5.26 Å². The van der Waals surface area contributed by atoms with Crippen molar-refractivity contribution < 1.29 is 42.3 Å². The van der Waals surface area contributed by atoms with E-state index in [0.29, 0.717) is 56.8 Å². The van der Waals surface area contributed by atoms with Gasteiger partial charge in [-0.2, -0.15) is 5.26 Å². The minimum Gasteiger partial charge on any atom is -0.501 e. The summed E-state index contributed by atoms with van der Waals surface area (Å²) in [5, 5.41) is 10.9. The van der Waals surface area contributed by atoms with Crippen LogP contribution in [-0.2, 0) is 26.5 Å². The maximum absolute atomic E-state index is 9.30. The molecule has 0 saturated heterocycles. The van der Waals surface area contributed by atoms with Crippen LogP contribution in [0.1, 0.15) is 72.0 Å². The summed E-state index contributed by atoms with van der Waals surface area (Å²) in [5.74, 6) is 0. The predicted molar refractivity (Wildman–Crippen MR) is 222 cm³/mol. The zero-order valence-electron chi connectivity index (χ0n) is 43.3. The summed E-state index contributed by atoms with van der Waals surface area (Å²) in [7, 11) is 0. The number of hydrogen-bond donors (Lipinski definition) is 0. The Bertz CT molecular complexity index is 3160. The molecule has 0 saturated carbocycles. The van der Waals surface area contributed by atoms with E-state index in [0.717, 1.165) is 16.3 Å². The molecule has 1 radical (unpaired) electrons. The van der Waals surface area contributed by atoms with Crippen molar-refractivity contribution in [1.82, 2.24) is 9.97 Å². The standard InChI is InChI=1S/C31H27N2O.C19H16N.Ir/c1-19-13-21(16-31(3,4)5)9-11-23(19)27-15-28(33-18-20(27)2)26-8-6-7-25-24-12-10-22(17-32)14-29(24)34-30(25)26;1-14-8-11-19(20-13-14)17-10-9-15(2)18(12-17)16-6-4-3-5-7-16;/h6-7,9-15,18H,16H2,1-5H3;3-9,11-13H,1-2H3;/q2*-1;/i1D3,2D3,11D;1D3,2D3;. The molecule has 275 valence electrons. The van der Waals surface area contributed by atoms with Gasteiger partial charge in [-0.25, -0.2) is 0 Å².